The Kier molecular flexibility index (Phi) is 6.36. The third-order valence-electron chi connectivity index (χ3n) is 3.61. The Morgan fingerprint density at radius 1 is 1.26 bits per heavy atom. The summed E-state index contributed by atoms with van der Waals surface area (Å²) >= 11 is 7.69. The molecule has 136 valence electrons. The van der Waals surface area contributed by atoms with Gasteiger partial charge in [0.15, 0.2) is 0 Å². The molecule has 8 heteroatoms. The number of amides is 1. The number of carbonyl (C=O) groups is 1. The van der Waals surface area contributed by atoms with Crippen LogP contribution in [-0.2, 0) is 4.79 Å². The molecule has 0 unspecified atom stereocenters. The van der Waals surface area contributed by atoms with Gasteiger partial charge < -0.3 is 10.6 Å². The van der Waals surface area contributed by atoms with Crippen molar-refractivity contribution in [3.8, 4) is 11.8 Å². The first-order chi connectivity index (χ1) is 13.2. The molecule has 6 nitrogen and oxygen atoms in total. The molecule has 0 aliphatic carbocycles. The molecule has 0 fully saturated rings. The number of nitrogens with zero attached hydrogens (tertiary/aromatic N) is 3. The third kappa shape index (κ3) is 5.03. The quantitative estimate of drug-likeness (QED) is 0.584. The molecule has 0 atom stereocenters. The van der Waals surface area contributed by atoms with E-state index in [0.29, 0.717) is 16.5 Å². The molecule has 3 aromatic rings. The molecule has 1 amide bonds. The second-order valence-electron chi connectivity index (χ2n) is 5.46. The highest BCUT2D eigenvalue weighted by molar-refractivity contribution is 7.99. The van der Waals surface area contributed by atoms with Crippen LogP contribution < -0.4 is 10.6 Å². The number of rotatable bonds is 7. The Hall–Kier alpha value is -2.95. The van der Waals surface area contributed by atoms with Crippen LogP contribution in [-0.4, -0.2) is 28.0 Å². The van der Waals surface area contributed by atoms with E-state index in [1.807, 2.05) is 48.7 Å². The molecular weight excluding hydrogens is 382 g/mol. The average molecular weight is 398 g/mol. The molecule has 0 aliphatic heterocycles. The van der Waals surface area contributed by atoms with Gasteiger partial charge in [-0.25, -0.2) is 4.68 Å². The van der Waals surface area contributed by atoms with Gasteiger partial charge >= 0.3 is 0 Å². The van der Waals surface area contributed by atoms with Gasteiger partial charge in [-0.1, -0.05) is 23.7 Å². The maximum absolute atomic E-state index is 12.3. The Bertz CT molecular complexity index is 968. The van der Waals surface area contributed by atoms with E-state index >= 15 is 0 Å². The fraction of sp³-hybridized carbons (Fsp3) is 0.105. The summed E-state index contributed by atoms with van der Waals surface area (Å²) in [6.45, 7) is 0.0920. The molecule has 0 saturated heterocycles. The fourth-order valence-corrected chi connectivity index (χ4v) is 3.33. The van der Waals surface area contributed by atoms with E-state index in [9.17, 15) is 4.79 Å². The summed E-state index contributed by atoms with van der Waals surface area (Å²) in [5.74, 6) is 0.138. The van der Waals surface area contributed by atoms with E-state index in [1.165, 1.54) is 11.8 Å². The number of carbonyl (C=O) groups excluding carboxylic acids is 1. The van der Waals surface area contributed by atoms with Crippen LogP contribution in [0.2, 0.25) is 5.02 Å². The van der Waals surface area contributed by atoms with Gasteiger partial charge in [0, 0.05) is 23.0 Å². The van der Waals surface area contributed by atoms with Gasteiger partial charge in [-0.05, 0) is 36.4 Å². The Balaban J connectivity index is 1.60. The number of thioether (sulfide) groups is 1. The number of nitriles is 1. The lowest BCUT2D eigenvalue weighted by atomic mass is 10.2. The highest BCUT2D eigenvalue weighted by Crippen LogP contribution is 2.27. The first-order valence-electron chi connectivity index (χ1n) is 8.09. The molecule has 0 radical (unpaired) electrons. The van der Waals surface area contributed by atoms with Gasteiger partial charge in [-0.3, -0.25) is 4.79 Å². The minimum absolute atomic E-state index is 0.0920. The van der Waals surface area contributed by atoms with Crippen molar-refractivity contribution in [2.45, 2.75) is 4.90 Å². The van der Waals surface area contributed by atoms with Crippen LogP contribution in [0.4, 0.5) is 11.4 Å². The van der Waals surface area contributed by atoms with Crippen molar-refractivity contribution >= 4 is 40.6 Å². The molecule has 0 bridgehead atoms. The van der Waals surface area contributed by atoms with E-state index in [0.717, 1.165) is 16.3 Å². The molecule has 3 rings (SSSR count). The summed E-state index contributed by atoms with van der Waals surface area (Å²) < 4.78 is 1.68. The zero-order valence-electron chi connectivity index (χ0n) is 14.2. The number of halogens is 1. The zero-order valence-corrected chi connectivity index (χ0v) is 15.8. The van der Waals surface area contributed by atoms with Gasteiger partial charge in [0.05, 0.1) is 34.8 Å². The smallest absolute Gasteiger partial charge is 0.243 e. The maximum Gasteiger partial charge on any atom is 0.243 e. The van der Waals surface area contributed by atoms with Gasteiger partial charge in [-0.2, -0.15) is 10.4 Å². The van der Waals surface area contributed by atoms with Crippen LogP contribution in [0.5, 0.6) is 0 Å². The number of benzene rings is 2. The van der Waals surface area contributed by atoms with Gasteiger partial charge in [0.1, 0.15) is 0 Å². The summed E-state index contributed by atoms with van der Waals surface area (Å²) in [5.41, 5.74) is 2.19. The summed E-state index contributed by atoms with van der Waals surface area (Å²) in [7, 11) is 0. The lowest BCUT2D eigenvalue weighted by Crippen LogP contribution is -2.22. The number of hydrogen-bond acceptors (Lipinski definition) is 5. The standard InChI is InChI=1S/C19H16ClN5OS/c20-15-12-14(6-7-17(15)25-10-3-9-23-25)22-13-19(26)24-16-4-1-2-5-18(16)27-11-8-21/h1-7,9-10,12,22H,11,13H2,(H,24,26). The molecule has 2 N–H and O–H groups in total. The van der Waals surface area contributed by atoms with Crippen LogP contribution in [0, 0.1) is 11.3 Å². The average Bonchev–Trinajstić information content (AvgIpc) is 3.20. The van der Waals surface area contributed by atoms with Crippen molar-refractivity contribution < 1.29 is 4.79 Å². The topological polar surface area (TPSA) is 82.7 Å². The molecule has 0 saturated carbocycles. The number of anilines is 2. The zero-order chi connectivity index (χ0) is 19.1. The van der Waals surface area contributed by atoms with E-state index < -0.39 is 0 Å². The summed E-state index contributed by atoms with van der Waals surface area (Å²) in [5, 5.41) is 19.3. The number of nitrogens with one attached hydrogen (secondary N) is 2. The SMILES string of the molecule is N#CCSc1ccccc1NC(=O)CNc1ccc(-n2cccn2)c(Cl)c1. The molecule has 0 spiro atoms. The third-order valence-corrected chi connectivity index (χ3v) is 4.85. The molecule has 0 aliphatic rings. The fourth-order valence-electron chi connectivity index (χ4n) is 2.40. The van der Waals surface area contributed by atoms with E-state index in [1.54, 1.807) is 16.9 Å². The van der Waals surface area contributed by atoms with Crippen LogP contribution >= 0.6 is 23.4 Å². The lowest BCUT2D eigenvalue weighted by Gasteiger charge is -2.12. The largest absolute Gasteiger partial charge is 0.376 e. The first kappa shape index (κ1) is 18.8. The second-order valence-corrected chi connectivity index (χ2v) is 6.89. The maximum atomic E-state index is 12.3. The van der Waals surface area contributed by atoms with Gasteiger partial charge in [0.2, 0.25) is 5.91 Å². The van der Waals surface area contributed by atoms with Gasteiger partial charge in [-0.15, -0.1) is 11.8 Å². The van der Waals surface area contributed by atoms with Crippen molar-refractivity contribution in [2.24, 2.45) is 0 Å². The lowest BCUT2D eigenvalue weighted by molar-refractivity contribution is -0.114. The molecular formula is C19H16ClN5OS. The monoisotopic (exact) mass is 397 g/mol. The minimum Gasteiger partial charge on any atom is -0.376 e. The summed E-state index contributed by atoms with van der Waals surface area (Å²) in [6.07, 6.45) is 3.49. The van der Waals surface area contributed by atoms with Crippen LogP contribution in [0.3, 0.4) is 0 Å². The van der Waals surface area contributed by atoms with Crippen LogP contribution in [0.1, 0.15) is 0 Å². The normalized spacial score (nSPS) is 10.2. The molecule has 27 heavy (non-hydrogen) atoms. The van der Waals surface area contributed by atoms with E-state index in [2.05, 4.69) is 21.8 Å². The molecule has 1 heterocycles. The highest BCUT2D eigenvalue weighted by atomic mass is 35.5. The van der Waals surface area contributed by atoms with Crippen molar-refractivity contribution in [3.63, 3.8) is 0 Å². The van der Waals surface area contributed by atoms with Crippen molar-refractivity contribution in [3.05, 3.63) is 65.9 Å². The van der Waals surface area contributed by atoms with Gasteiger partial charge in [0.25, 0.3) is 0 Å². The minimum atomic E-state index is -0.188. The summed E-state index contributed by atoms with van der Waals surface area (Å²) in [6, 6.07) is 16.7. The Morgan fingerprint density at radius 3 is 2.85 bits per heavy atom. The van der Waals surface area contributed by atoms with Crippen LogP contribution in [0.15, 0.2) is 65.8 Å². The number of para-hydroxylation sites is 1. The number of aromatic nitrogens is 2. The Morgan fingerprint density at radius 2 is 2.11 bits per heavy atom. The molecule has 1 aromatic heterocycles. The van der Waals surface area contributed by atoms with Crippen molar-refractivity contribution in [1.82, 2.24) is 9.78 Å². The van der Waals surface area contributed by atoms with Crippen molar-refractivity contribution in [2.75, 3.05) is 22.9 Å². The van der Waals surface area contributed by atoms with Crippen LogP contribution in [0.25, 0.3) is 5.69 Å². The number of hydrogen-bond donors (Lipinski definition) is 2. The highest BCUT2D eigenvalue weighted by Gasteiger charge is 2.08. The molecule has 2 aromatic carbocycles. The predicted octanol–water partition coefficient (Wildman–Crippen LogP) is 4.19. The van der Waals surface area contributed by atoms with E-state index in [-0.39, 0.29) is 12.5 Å². The second kappa shape index (κ2) is 9.12. The Labute approximate surface area is 166 Å². The predicted molar refractivity (Wildman–Crippen MR) is 108 cm³/mol. The summed E-state index contributed by atoms with van der Waals surface area (Å²) in [4.78, 5) is 13.1. The van der Waals surface area contributed by atoms with Crippen molar-refractivity contribution in [1.29, 1.82) is 5.26 Å². The van der Waals surface area contributed by atoms with E-state index in [4.69, 9.17) is 16.9 Å². The first-order valence-corrected chi connectivity index (χ1v) is 9.46.